The first-order valence-electron chi connectivity index (χ1n) is 7.01. The Balaban J connectivity index is 2.32. The van der Waals surface area contributed by atoms with Crippen molar-refractivity contribution in [3.63, 3.8) is 0 Å². The molecule has 0 saturated carbocycles. The van der Waals surface area contributed by atoms with Gasteiger partial charge in [-0.15, -0.1) is 5.10 Å². The van der Waals surface area contributed by atoms with Crippen LogP contribution in [0.15, 0.2) is 24.3 Å². The summed E-state index contributed by atoms with van der Waals surface area (Å²) < 4.78 is 4.05. The second-order valence-corrected chi connectivity index (χ2v) is 6.17. The summed E-state index contributed by atoms with van der Waals surface area (Å²) in [7, 11) is 0. The van der Waals surface area contributed by atoms with Gasteiger partial charge in [0.05, 0.1) is 16.6 Å². The zero-order chi connectivity index (χ0) is 14.5. The van der Waals surface area contributed by atoms with Gasteiger partial charge in [0.2, 0.25) is 0 Å². The highest BCUT2D eigenvalue weighted by molar-refractivity contribution is 7.05. The first kappa shape index (κ1) is 15.1. The molecule has 0 radical (unpaired) electrons. The molecule has 5 heteroatoms. The fourth-order valence-electron chi connectivity index (χ4n) is 2.37. The van der Waals surface area contributed by atoms with Crippen molar-refractivity contribution in [1.82, 2.24) is 15.0 Å². The Hall–Kier alpha value is -1.30. The van der Waals surface area contributed by atoms with Crippen LogP contribution in [0.3, 0.4) is 0 Å². The summed E-state index contributed by atoms with van der Waals surface area (Å²) in [6.45, 7) is 6.55. The van der Waals surface area contributed by atoms with Crippen LogP contribution in [0.2, 0.25) is 0 Å². The van der Waals surface area contributed by atoms with Crippen LogP contribution < -0.4 is 11.3 Å². The molecule has 2 rings (SSSR count). The second-order valence-electron chi connectivity index (χ2n) is 5.38. The number of nitrogens with two attached hydrogens (primary N) is 1. The number of hydrazine groups is 1. The minimum Gasteiger partial charge on any atom is -0.271 e. The summed E-state index contributed by atoms with van der Waals surface area (Å²) in [6.07, 6.45) is 1.95. The number of hydrogen-bond donors (Lipinski definition) is 2. The molecule has 0 aliphatic heterocycles. The van der Waals surface area contributed by atoms with E-state index in [0.29, 0.717) is 5.92 Å². The van der Waals surface area contributed by atoms with Crippen molar-refractivity contribution in [2.75, 3.05) is 0 Å². The number of hydrogen-bond acceptors (Lipinski definition) is 5. The van der Waals surface area contributed by atoms with E-state index in [-0.39, 0.29) is 6.04 Å². The van der Waals surface area contributed by atoms with Crippen molar-refractivity contribution >= 4 is 11.5 Å². The SMILES string of the molecule is CCc1nnsc1C(NN)c1cccc(CC(C)C)c1. The standard InChI is InChI=1S/C15H22N4S/c1-4-13-15(20-19-18-13)14(17-16)12-7-5-6-11(9-12)8-10(2)3/h5-7,9-10,14,17H,4,8,16H2,1-3H3. The molecule has 0 aliphatic carbocycles. The first-order chi connectivity index (χ1) is 9.65. The van der Waals surface area contributed by atoms with Gasteiger partial charge >= 0.3 is 0 Å². The summed E-state index contributed by atoms with van der Waals surface area (Å²) in [6, 6.07) is 8.56. The van der Waals surface area contributed by atoms with E-state index in [9.17, 15) is 0 Å². The third kappa shape index (κ3) is 3.42. The van der Waals surface area contributed by atoms with E-state index in [4.69, 9.17) is 5.84 Å². The molecule has 1 aromatic carbocycles. The predicted octanol–water partition coefficient (Wildman–Crippen LogP) is 2.85. The van der Waals surface area contributed by atoms with Crippen molar-refractivity contribution in [2.24, 2.45) is 11.8 Å². The zero-order valence-corrected chi connectivity index (χ0v) is 13.1. The number of nitrogens with one attached hydrogen (secondary N) is 1. The maximum atomic E-state index is 5.77. The predicted molar refractivity (Wildman–Crippen MR) is 83.4 cm³/mol. The van der Waals surface area contributed by atoms with Gasteiger partial charge in [0.15, 0.2) is 0 Å². The van der Waals surface area contributed by atoms with Crippen LogP contribution in [0.5, 0.6) is 0 Å². The lowest BCUT2D eigenvalue weighted by Gasteiger charge is -2.16. The fourth-order valence-corrected chi connectivity index (χ4v) is 3.20. The smallest absolute Gasteiger partial charge is 0.0837 e. The molecule has 0 bridgehead atoms. The molecule has 0 saturated heterocycles. The number of aromatic nitrogens is 2. The average Bonchev–Trinajstić information content (AvgIpc) is 2.87. The number of nitrogens with zero attached hydrogens (tertiary/aromatic N) is 2. The van der Waals surface area contributed by atoms with Crippen molar-refractivity contribution in [3.8, 4) is 0 Å². The van der Waals surface area contributed by atoms with Crippen molar-refractivity contribution in [1.29, 1.82) is 0 Å². The van der Waals surface area contributed by atoms with Gasteiger partial charge in [0, 0.05) is 0 Å². The summed E-state index contributed by atoms with van der Waals surface area (Å²) in [5, 5.41) is 4.17. The molecular formula is C15H22N4S. The van der Waals surface area contributed by atoms with Gasteiger partial charge in [-0.1, -0.05) is 49.5 Å². The molecule has 2 aromatic rings. The number of aryl methyl sites for hydroxylation is 1. The molecule has 4 nitrogen and oxygen atoms in total. The number of benzene rings is 1. The van der Waals surface area contributed by atoms with E-state index >= 15 is 0 Å². The third-order valence-corrected chi connectivity index (χ3v) is 4.11. The van der Waals surface area contributed by atoms with Crippen LogP contribution in [-0.2, 0) is 12.8 Å². The minimum absolute atomic E-state index is 0.0305. The average molecular weight is 290 g/mol. The van der Waals surface area contributed by atoms with Crippen molar-refractivity contribution in [2.45, 2.75) is 39.7 Å². The highest BCUT2D eigenvalue weighted by atomic mass is 32.1. The zero-order valence-electron chi connectivity index (χ0n) is 12.3. The Morgan fingerprint density at radius 2 is 2.15 bits per heavy atom. The molecule has 1 aromatic heterocycles. The monoisotopic (exact) mass is 290 g/mol. The Morgan fingerprint density at radius 1 is 1.35 bits per heavy atom. The van der Waals surface area contributed by atoms with E-state index < -0.39 is 0 Å². The van der Waals surface area contributed by atoms with Gasteiger partial charge < -0.3 is 0 Å². The molecule has 0 spiro atoms. The Morgan fingerprint density at radius 3 is 2.80 bits per heavy atom. The highest BCUT2D eigenvalue weighted by Gasteiger charge is 2.19. The molecule has 0 amide bonds. The molecule has 1 heterocycles. The maximum Gasteiger partial charge on any atom is 0.0837 e. The first-order valence-corrected chi connectivity index (χ1v) is 7.79. The molecule has 0 fully saturated rings. The molecule has 1 atom stereocenters. The van der Waals surface area contributed by atoms with E-state index in [1.165, 1.54) is 22.7 Å². The topological polar surface area (TPSA) is 63.8 Å². The maximum absolute atomic E-state index is 5.77. The molecule has 20 heavy (non-hydrogen) atoms. The molecule has 108 valence electrons. The summed E-state index contributed by atoms with van der Waals surface area (Å²) in [4.78, 5) is 1.11. The van der Waals surface area contributed by atoms with Crippen LogP contribution in [0.25, 0.3) is 0 Å². The van der Waals surface area contributed by atoms with E-state index in [1.54, 1.807) is 0 Å². The normalized spacial score (nSPS) is 12.8. The molecule has 3 N–H and O–H groups in total. The van der Waals surface area contributed by atoms with Gasteiger partial charge in [-0.25, -0.2) is 5.43 Å². The Bertz CT molecular complexity index is 550. The van der Waals surface area contributed by atoms with E-state index in [0.717, 1.165) is 23.4 Å². The largest absolute Gasteiger partial charge is 0.271 e. The van der Waals surface area contributed by atoms with Gasteiger partial charge in [-0.05, 0) is 41.4 Å². The van der Waals surface area contributed by atoms with Crippen LogP contribution in [-0.4, -0.2) is 9.59 Å². The third-order valence-electron chi connectivity index (χ3n) is 3.28. The van der Waals surface area contributed by atoms with E-state index in [1.807, 2.05) is 0 Å². The second kappa shape index (κ2) is 6.92. The molecule has 1 unspecified atom stereocenters. The highest BCUT2D eigenvalue weighted by Crippen LogP contribution is 2.27. The van der Waals surface area contributed by atoms with Crippen LogP contribution in [0.4, 0.5) is 0 Å². The summed E-state index contributed by atoms with van der Waals surface area (Å²) >= 11 is 1.42. The Labute approximate surface area is 124 Å². The van der Waals surface area contributed by atoms with Crippen molar-refractivity contribution < 1.29 is 0 Å². The van der Waals surface area contributed by atoms with Gasteiger partial charge in [0.1, 0.15) is 0 Å². The van der Waals surface area contributed by atoms with Crippen LogP contribution >= 0.6 is 11.5 Å². The van der Waals surface area contributed by atoms with E-state index in [2.05, 4.69) is 60.0 Å². The van der Waals surface area contributed by atoms with Crippen LogP contribution in [0, 0.1) is 5.92 Å². The van der Waals surface area contributed by atoms with Gasteiger partial charge in [-0.2, -0.15) is 0 Å². The van der Waals surface area contributed by atoms with Gasteiger partial charge in [0.25, 0.3) is 0 Å². The molecule has 0 aliphatic rings. The van der Waals surface area contributed by atoms with Crippen LogP contribution in [0.1, 0.15) is 48.5 Å². The Kier molecular flexibility index (Phi) is 5.23. The summed E-state index contributed by atoms with van der Waals surface area (Å²) in [5.74, 6) is 6.42. The number of rotatable bonds is 6. The molecular weight excluding hydrogens is 268 g/mol. The lowest BCUT2D eigenvalue weighted by Crippen LogP contribution is -2.29. The summed E-state index contributed by atoms with van der Waals surface area (Å²) in [5.41, 5.74) is 6.44. The lowest BCUT2D eigenvalue weighted by atomic mass is 9.97. The lowest BCUT2D eigenvalue weighted by molar-refractivity contribution is 0.629. The van der Waals surface area contributed by atoms with Gasteiger partial charge in [-0.3, -0.25) is 5.84 Å². The fraction of sp³-hybridized carbons (Fsp3) is 0.467. The minimum atomic E-state index is -0.0305. The van der Waals surface area contributed by atoms with Crippen molar-refractivity contribution in [3.05, 3.63) is 46.0 Å². The quantitative estimate of drug-likeness (QED) is 0.634.